The fourth-order valence-corrected chi connectivity index (χ4v) is 3.25. The maximum Gasteiger partial charge on any atom is 0.356 e. The summed E-state index contributed by atoms with van der Waals surface area (Å²) in [7, 11) is 0. The zero-order chi connectivity index (χ0) is 19.3. The number of hydrogen-bond acceptors (Lipinski definition) is 4. The van der Waals surface area contributed by atoms with Crippen LogP contribution in [0.3, 0.4) is 0 Å². The topological polar surface area (TPSA) is 76.2 Å². The van der Waals surface area contributed by atoms with Crippen LogP contribution in [0.2, 0.25) is 5.02 Å². The number of para-hydroxylation sites is 2. The van der Waals surface area contributed by atoms with Crippen LogP contribution in [0.5, 0.6) is 0 Å². The summed E-state index contributed by atoms with van der Waals surface area (Å²) in [6, 6.07) is 12.8. The van der Waals surface area contributed by atoms with Gasteiger partial charge in [0.05, 0.1) is 16.1 Å². The van der Waals surface area contributed by atoms with E-state index < -0.39 is 5.97 Å². The maximum atomic E-state index is 11.7. The van der Waals surface area contributed by atoms with Crippen LogP contribution >= 0.6 is 11.6 Å². The normalized spacial score (nSPS) is 12.0. The summed E-state index contributed by atoms with van der Waals surface area (Å²) in [6.45, 7) is 6.30. The van der Waals surface area contributed by atoms with E-state index in [2.05, 4.69) is 30.7 Å². The highest BCUT2D eigenvalue weighted by molar-refractivity contribution is 6.35. The van der Waals surface area contributed by atoms with E-state index in [4.69, 9.17) is 16.0 Å². The van der Waals surface area contributed by atoms with E-state index in [1.54, 1.807) is 24.3 Å². The van der Waals surface area contributed by atoms with Crippen LogP contribution in [-0.2, 0) is 5.41 Å². The number of furan rings is 1. The number of rotatable bonds is 2. The van der Waals surface area contributed by atoms with Gasteiger partial charge in [-0.15, -0.1) is 0 Å². The van der Waals surface area contributed by atoms with E-state index in [0.29, 0.717) is 27.4 Å². The van der Waals surface area contributed by atoms with Crippen LogP contribution in [0.1, 0.15) is 36.8 Å². The van der Waals surface area contributed by atoms with Crippen LogP contribution in [-0.4, -0.2) is 21.0 Å². The molecule has 4 aromatic rings. The number of benzene rings is 2. The van der Waals surface area contributed by atoms with E-state index >= 15 is 0 Å². The average Bonchev–Trinajstić information content (AvgIpc) is 3.04. The maximum absolute atomic E-state index is 11.7. The number of fused-ring (bicyclic) bond motifs is 2. The quantitative estimate of drug-likeness (QED) is 0.483. The minimum atomic E-state index is -1.16. The van der Waals surface area contributed by atoms with Gasteiger partial charge >= 0.3 is 5.97 Å². The summed E-state index contributed by atoms with van der Waals surface area (Å²) in [6.07, 6.45) is 0. The zero-order valence-corrected chi connectivity index (χ0v) is 15.8. The molecule has 0 spiro atoms. The lowest BCUT2D eigenvalue weighted by Gasteiger charge is -2.19. The standard InChI is InChI=1S/C21H17ClN2O3/c1-21(2,3)12-8-11-9-16(27-19(11)13(22)10-12)17-18(20(25)26)24-15-7-5-4-6-14(15)23-17/h4-10H,1-3H3,(H,25,26). The molecule has 0 radical (unpaired) electrons. The van der Waals surface area contributed by atoms with Gasteiger partial charge in [0.1, 0.15) is 5.69 Å². The van der Waals surface area contributed by atoms with E-state index in [9.17, 15) is 9.90 Å². The van der Waals surface area contributed by atoms with Gasteiger partial charge in [-0.3, -0.25) is 0 Å². The molecule has 0 atom stereocenters. The minimum absolute atomic E-state index is 0.0791. The molecule has 0 fully saturated rings. The molecule has 6 heteroatoms. The third-order valence-electron chi connectivity index (χ3n) is 4.44. The molecule has 0 unspecified atom stereocenters. The SMILES string of the molecule is CC(C)(C)c1cc(Cl)c2oc(-c3nc4ccccc4nc3C(=O)O)cc2c1. The Labute approximate surface area is 160 Å². The van der Waals surface area contributed by atoms with E-state index in [-0.39, 0.29) is 16.8 Å². The molecular formula is C21H17ClN2O3. The molecule has 0 aliphatic rings. The van der Waals surface area contributed by atoms with Crippen molar-refractivity contribution in [1.82, 2.24) is 9.97 Å². The van der Waals surface area contributed by atoms with Crippen molar-refractivity contribution in [3.05, 3.63) is 58.7 Å². The first-order valence-corrected chi connectivity index (χ1v) is 8.86. The molecule has 4 rings (SSSR count). The molecule has 0 aliphatic carbocycles. The van der Waals surface area contributed by atoms with Crippen LogP contribution in [0.4, 0.5) is 0 Å². The first-order chi connectivity index (χ1) is 12.7. The fraction of sp³-hybridized carbons (Fsp3) is 0.190. The first-order valence-electron chi connectivity index (χ1n) is 8.48. The lowest BCUT2D eigenvalue weighted by molar-refractivity contribution is 0.0691. The van der Waals surface area contributed by atoms with Gasteiger partial charge in [-0.2, -0.15) is 0 Å². The molecule has 0 bridgehead atoms. The highest BCUT2D eigenvalue weighted by Crippen LogP contribution is 2.36. The lowest BCUT2D eigenvalue weighted by atomic mass is 9.86. The molecule has 27 heavy (non-hydrogen) atoms. The Morgan fingerprint density at radius 3 is 2.37 bits per heavy atom. The van der Waals surface area contributed by atoms with Crippen molar-refractivity contribution in [2.24, 2.45) is 0 Å². The number of carbonyl (C=O) groups is 1. The van der Waals surface area contributed by atoms with Gasteiger partial charge < -0.3 is 9.52 Å². The van der Waals surface area contributed by atoms with Gasteiger partial charge in [0, 0.05) is 5.39 Å². The van der Waals surface area contributed by atoms with Gasteiger partial charge in [-0.25, -0.2) is 14.8 Å². The Hall–Kier alpha value is -2.92. The highest BCUT2D eigenvalue weighted by atomic mass is 35.5. The predicted molar refractivity (Wildman–Crippen MR) is 105 cm³/mol. The summed E-state index contributed by atoms with van der Waals surface area (Å²) >= 11 is 6.42. The van der Waals surface area contributed by atoms with E-state index in [0.717, 1.165) is 10.9 Å². The number of aromatic nitrogens is 2. The number of carboxylic acid groups (broad SMARTS) is 1. The summed E-state index contributed by atoms with van der Waals surface area (Å²) in [5, 5.41) is 10.9. The molecule has 2 aromatic heterocycles. The highest BCUT2D eigenvalue weighted by Gasteiger charge is 2.22. The molecule has 136 valence electrons. The smallest absolute Gasteiger partial charge is 0.356 e. The fourth-order valence-electron chi connectivity index (χ4n) is 2.98. The monoisotopic (exact) mass is 380 g/mol. The van der Waals surface area contributed by atoms with Crippen molar-refractivity contribution in [2.75, 3.05) is 0 Å². The number of hydrogen-bond donors (Lipinski definition) is 1. The Kier molecular flexibility index (Phi) is 3.93. The predicted octanol–water partition coefficient (Wildman–Crippen LogP) is 5.69. The van der Waals surface area contributed by atoms with Gasteiger partial charge in [0.2, 0.25) is 0 Å². The Bertz CT molecular complexity index is 1210. The summed E-state index contributed by atoms with van der Waals surface area (Å²) in [5.74, 6) is -0.834. The lowest BCUT2D eigenvalue weighted by Crippen LogP contribution is -2.10. The number of carboxylic acids is 1. The van der Waals surface area contributed by atoms with Crippen LogP contribution in [0.25, 0.3) is 33.5 Å². The molecule has 0 saturated carbocycles. The second-order valence-electron chi connectivity index (χ2n) is 7.45. The Balaban J connectivity index is 1.98. The van der Waals surface area contributed by atoms with Crippen molar-refractivity contribution < 1.29 is 14.3 Å². The largest absolute Gasteiger partial charge is 0.476 e. The third-order valence-corrected chi connectivity index (χ3v) is 4.72. The van der Waals surface area contributed by atoms with Crippen molar-refractivity contribution in [3.63, 3.8) is 0 Å². The van der Waals surface area contributed by atoms with E-state index in [1.807, 2.05) is 18.2 Å². The zero-order valence-electron chi connectivity index (χ0n) is 15.1. The van der Waals surface area contributed by atoms with Gasteiger partial charge in [0.15, 0.2) is 17.0 Å². The molecule has 5 nitrogen and oxygen atoms in total. The average molecular weight is 381 g/mol. The molecule has 2 aromatic carbocycles. The summed E-state index contributed by atoms with van der Waals surface area (Å²) < 4.78 is 5.89. The summed E-state index contributed by atoms with van der Waals surface area (Å²) in [4.78, 5) is 20.5. The second kappa shape index (κ2) is 6.06. The van der Waals surface area contributed by atoms with Gasteiger partial charge in [0.25, 0.3) is 0 Å². The molecule has 2 heterocycles. The Morgan fingerprint density at radius 2 is 1.74 bits per heavy atom. The molecule has 0 amide bonds. The minimum Gasteiger partial charge on any atom is -0.476 e. The summed E-state index contributed by atoms with van der Waals surface area (Å²) in [5.41, 5.74) is 2.64. The van der Waals surface area contributed by atoms with E-state index in [1.165, 1.54) is 0 Å². The van der Waals surface area contributed by atoms with Gasteiger partial charge in [-0.05, 0) is 41.3 Å². The van der Waals surface area contributed by atoms with Crippen molar-refractivity contribution in [1.29, 1.82) is 0 Å². The third kappa shape index (κ3) is 3.04. The van der Waals surface area contributed by atoms with Crippen molar-refractivity contribution in [2.45, 2.75) is 26.2 Å². The van der Waals surface area contributed by atoms with Crippen LogP contribution in [0, 0.1) is 0 Å². The van der Waals surface area contributed by atoms with Crippen LogP contribution in [0.15, 0.2) is 46.9 Å². The first kappa shape index (κ1) is 17.5. The number of halogens is 1. The molecule has 0 saturated heterocycles. The van der Waals surface area contributed by atoms with Crippen molar-refractivity contribution in [3.8, 4) is 11.5 Å². The second-order valence-corrected chi connectivity index (χ2v) is 7.86. The molecular weight excluding hydrogens is 364 g/mol. The molecule has 0 aliphatic heterocycles. The Morgan fingerprint density at radius 1 is 1.07 bits per heavy atom. The number of aromatic carboxylic acids is 1. The number of nitrogens with zero attached hydrogens (tertiary/aromatic N) is 2. The van der Waals surface area contributed by atoms with Crippen molar-refractivity contribution >= 4 is 39.6 Å². The molecule has 1 N–H and O–H groups in total. The van der Waals surface area contributed by atoms with Gasteiger partial charge in [-0.1, -0.05) is 44.5 Å². The van der Waals surface area contributed by atoms with Crippen LogP contribution < -0.4 is 0 Å².